The first-order valence-corrected chi connectivity index (χ1v) is 6.57. The highest BCUT2D eigenvalue weighted by Crippen LogP contribution is 2.22. The largest absolute Gasteiger partial charge is 0.343 e. The molecule has 6 heteroatoms. The molecule has 0 N–H and O–H groups in total. The Morgan fingerprint density at radius 3 is 2.28 bits per heavy atom. The predicted octanol–water partition coefficient (Wildman–Crippen LogP) is 1.49. The van der Waals surface area contributed by atoms with Crippen LogP contribution in [0, 0.1) is 0 Å². The fourth-order valence-corrected chi connectivity index (χ4v) is 1.99. The topological polar surface area (TPSA) is 63.7 Å². The molecule has 0 bridgehead atoms. The second kappa shape index (κ2) is 5.22. The molecule has 0 aromatic heterocycles. The molecule has 2 rings (SSSR count). The number of hydroxylamine groups is 2. The lowest BCUT2D eigenvalue weighted by atomic mass is 10.1. The third-order valence-corrected chi connectivity index (χ3v) is 3.22. The van der Waals surface area contributed by atoms with Gasteiger partial charge in [-0.2, -0.15) is 11.8 Å². The summed E-state index contributed by atoms with van der Waals surface area (Å²) in [5.41, 5.74) is 0.525. The molecule has 1 aliphatic heterocycles. The van der Waals surface area contributed by atoms with E-state index in [0.717, 1.165) is 5.75 Å². The molecule has 1 aromatic rings. The molecule has 94 valence electrons. The number of hydrogen-bond acceptors (Lipinski definition) is 5. The van der Waals surface area contributed by atoms with E-state index in [0.29, 0.717) is 5.06 Å². The van der Waals surface area contributed by atoms with Gasteiger partial charge in [-0.15, -0.1) is 0 Å². The van der Waals surface area contributed by atoms with Crippen molar-refractivity contribution in [1.82, 2.24) is 5.06 Å². The highest BCUT2D eigenvalue weighted by Gasteiger charge is 2.38. The SMILES string of the molecule is CCSCC(=O)ON1C(=O)c2ccccc2C1=O. The second-order valence-corrected chi connectivity index (χ2v) is 4.82. The first-order valence-electron chi connectivity index (χ1n) is 5.41. The third kappa shape index (κ3) is 2.24. The fraction of sp³-hybridized carbons (Fsp3) is 0.250. The van der Waals surface area contributed by atoms with Crippen molar-refractivity contribution >= 4 is 29.5 Å². The minimum atomic E-state index is -0.601. The molecule has 2 amide bonds. The summed E-state index contributed by atoms with van der Waals surface area (Å²) in [5.74, 6) is -0.909. The van der Waals surface area contributed by atoms with Gasteiger partial charge in [-0.1, -0.05) is 24.1 Å². The molecule has 18 heavy (non-hydrogen) atoms. The molecule has 1 heterocycles. The smallest absolute Gasteiger partial charge is 0.329 e. The van der Waals surface area contributed by atoms with Crippen LogP contribution < -0.4 is 0 Å². The number of thioether (sulfide) groups is 1. The van der Waals surface area contributed by atoms with Gasteiger partial charge < -0.3 is 4.84 Å². The molecular weight excluding hydrogens is 254 g/mol. The summed E-state index contributed by atoms with van der Waals surface area (Å²) in [4.78, 5) is 39.9. The minimum Gasteiger partial charge on any atom is -0.329 e. The van der Waals surface area contributed by atoms with Crippen LogP contribution in [0.1, 0.15) is 27.6 Å². The van der Waals surface area contributed by atoms with Crippen LogP contribution in [0.15, 0.2) is 24.3 Å². The van der Waals surface area contributed by atoms with E-state index in [9.17, 15) is 14.4 Å². The van der Waals surface area contributed by atoms with E-state index >= 15 is 0 Å². The second-order valence-electron chi connectivity index (χ2n) is 3.55. The fourth-order valence-electron chi connectivity index (χ4n) is 1.56. The molecule has 1 aliphatic rings. The molecular formula is C12H11NO4S. The monoisotopic (exact) mass is 265 g/mol. The lowest BCUT2D eigenvalue weighted by molar-refractivity contribution is -0.165. The first-order chi connectivity index (χ1) is 8.65. The van der Waals surface area contributed by atoms with Crippen molar-refractivity contribution in [2.75, 3.05) is 11.5 Å². The van der Waals surface area contributed by atoms with Gasteiger partial charge in [-0.25, -0.2) is 4.79 Å². The zero-order valence-corrected chi connectivity index (χ0v) is 10.5. The van der Waals surface area contributed by atoms with Crippen molar-refractivity contribution in [1.29, 1.82) is 0 Å². The van der Waals surface area contributed by atoms with Gasteiger partial charge in [0.25, 0.3) is 11.8 Å². The zero-order chi connectivity index (χ0) is 13.1. The maximum absolute atomic E-state index is 11.8. The molecule has 0 saturated heterocycles. The van der Waals surface area contributed by atoms with Crippen molar-refractivity contribution < 1.29 is 19.2 Å². The Hall–Kier alpha value is -1.82. The molecule has 1 aromatic carbocycles. The lowest BCUT2D eigenvalue weighted by Crippen LogP contribution is -2.33. The number of hydrogen-bond donors (Lipinski definition) is 0. The normalized spacial score (nSPS) is 13.7. The highest BCUT2D eigenvalue weighted by atomic mass is 32.2. The number of benzene rings is 1. The molecule has 0 saturated carbocycles. The molecule has 0 unspecified atom stereocenters. The van der Waals surface area contributed by atoms with Gasteiger partial charge in [0.1, 0.15) is 0 Å². The number of rotatable bonds is 4. The van der Waals surface area contributed by atoms with Crippen molar-refractivity contribution in [3.8, 4) is 0 Å². The average Bonchev–Trinajstić information content (AvgIpc) is 2.62. The van der Waals surface area contributed by atoms with Crippen molar-refractivity contribution in [2.45, 2.75) is 6.92 Å². The van der Waals surface area contributed by atoms with E-state index in [1.165, 1.54) is 23.9 Å². The van der Waals surface area contributed by atoms with E-state index in [2.05, 4.69) is 0 Å². The number of nitrogens with zero attached hydrogens (tertiary/aromatic N) is 1. The van der Waals surface area contributed by atoms with Crippen molar-refractivity contribution in [3.63, 3.8) is 0 Å². The van der Waals surface area contributed by atoms with Gasteiger partial charge in [0, 0.05) is 0 Å². The third-order valence-electron chi connectivity index (χ3n) is 2.37. The summed E-state index contributed by atoms with van der Waals surface area (Å²) < 4.78 is 0. The molecule has 5 nitrogen and oxygen atoms in total. The number of fused-ring (bicyclic) bond motifs is 1. The predicted molar refractivity (Wildman–Crippen MR) is 66.0 cm³/mol. The molecule has 0 radical (unpaired) electrons. The summed E-state index contributed by atoms with van der Waals surface area (Å²) >= 11 is 1.36. The van der Waals surface area contributed by atoms with Gasteiger partial charge in [-0.05, 0) is 17.9 Å². The Morgan fingerprint density at radius 2 is 1.78 bits per heavy atom. The first kappa shape index (κ1) is 12.6. The van der Waals surface area contributed by atoms with E-state index < -0.39 is 17.8 Å². The van der Waals surface area contributed by atoms with Crippen LogP contribution in [0.3, 0.4) is 0 Å². The van der Waals surface area contributed by atoms with E-state index in [-0.39, 0.29) is 16.9 Å². The average molecular weight is 265 g/mol. The van der Waals surface area contributed by atoms with Crippen LogP contribution in [-0.4, -0.2) is 34.4 Å². The Labute approximate surface area is 108 Å². The van der Waals surface area contributed by atoms with Crippen LogP contribution >= 0.6 is 11.8 Å². The molecule has 0 aliphatic carbocycles. The highest BCUT2D eigenvalue weighted by molar-refractivity contribution is 7.99. The van der Waals surface area contributed by atoms with Crippen LogP contribution in [0.4, 0.5) is 0 Å². The number of amides is 2. The van der Waals surface area contributed by atoms with E-state index in [4.69, 9.17) is 4.84 Å². The number of carbonyl (C=O) groups is 3. The minimum absolute atomic E-state index is 0.115. The van der Waals surface area contributed by atoms with Gasteiger partial charge in [0.2, 0.25) is 0 Å². The van der Waals surface area contributed by atoms with Crippen LogP contribution in [0.25, 0.3) is 0 Å². The Balaban J connectivity index is 2.11. The van der Waals surface area contributed by atoms with Crippen LogP contribution in [0.5, 0.6) is 0 Å². The summed E-state index contributed by atoms with van der Waals surface area (Å²) in [7, 11) is 0. The Kier molecular flexibility index (Phi) is 3.66. The lowest BCUT2D eigenvalue weighted by Gasteiger charge is -2.12. The maximum atomic E-state index is 11.8. The number of imide groups is 1. The van der Waals surface area contributed by atoms with Crippen LogP contribution in [-0.2, 0) is 9.63 Å². The van der Waals surface area contributed by atoms with Crippen molar-refractivity contribution in [2.24, 2.45) is 0 Å². The summed E-state index contributed by atoms with van der Waals surface area (Å²) in [6.45, 7) is 1.90. The molecule has 0 fully saturated rings. The van der Waals surface area contributed by atoms with Gasteiger partial charge in [0.05, 0.1) is 16.9 Å². The van der Waals surface area contributed by atoms with E-state index in [1.807, 2.05) is 6.92 Å². The van der Waals surface area contributed by atoms with E-state index in [1.54, 1.807) is 12.1 Å². The molecule has 0 spiro atoms. The Morgan fingerprint density at radius 1 is 1.22 bits per heavy atom. The molecule has 0 atom stereocenters. The van der Waals surface area contributed by atoms with Gasteiger partial charge >= 0.3 is 5.97 Å². The maximum Gasteiger partial charge on any atom is 0.343 e. The van der Waals surface area contributed by atoms with Crippen molar-refractivity contribution in [3.05, 3.63) is 35.4 Å². The zero-order valence-electron chi connectivity index (χ0n) is 9.71. The van der Waals surface area contributed by atoms with Gasteiger partial charge in [-0.3, -0.25) is 9.59 Å². The number of carbonyl (C=O) groups excluding carboxylic acids is 3. The summed E-state index contributed by atoms with van der Waals surface area (Å²) in [6.07, 6.45) is 0. The summed E-state index contributed by atoms with van der Waals surface area (Å²) in [6, 6.07) is 6.37. The van der Waals surface area contributed by atoms with Gasteiger partial charge in [0.15, 0.2) is 0 Å². The standard InChI is InChI=1S/C12H11NO4S/c1-2-18-7-10(14)17-13-11(15)8-5-3-4-6-9(8)12(13)16/h3-6H,2,7H2,1H3. The van der Waals surface area contributed by atoms with Crippen LogP contribution in [0.2, 0.25) is 0 Å². The summed E-state index contributed by atoms with van der Waals surface area (Å²) in [5, 5.41) is 0.531. The quantitative estimate of drug-likeness (QED) is 0.772. The Bertz CT molecular complexity index is 480.